The average molecular weight is 344 g/mol. The van der Waals surface area contributed by atoms with Crippen molar-refractivity contribution >= 4 is 50.2 Å². The van der Waals surface area contributed by atoms with E-state index in [1.54, 1.807) is 5.38 Å². The highest BCUT2D eigenvalue weighted by Gasteiger charge is 2.06. The smallest absolute Gasteiger partial charge is 0.304 e. The summed E-state index contributed by atoms with van der Waals surface area (Å²) in [6.45, 7) is 0.524. The third-order valence-corrected chi connectivity index (χ3v) is 3.72. The minimum absolute atomic E-state index is 0.0582. The van der Waals surface area contributed by atoms with Gasteiger partial charge in [0.25, 0.3) is 0 Å². The van der Waals surface area contributed by atoms with Gasteiger partial charge in [-0.05, 0) is 18.2 Å². The molecule has 0 atom stereocenters. The lowest BCUT2D eigenvalue weighted by molar-refractivity contribution is 1.06. The van der Waals surface area contributed by atoms with Crippen LogP contribution in [0.15, 0.2) is 32.8 Å². The Morgan fingerprint density at radius 2 is 2.33 bits per heavy atom. The zero-order valence-electron chi connectivity index (χ0n) is 9.20. The summed E-state index contributed by atoms with van der Waals surface area (Å²) < 4.78 is 0.916. The number of H-pyrrole nitrogens is 1. The van der Waals surface area contributed by atoms with Crippen LogP contribution in [0.3, 0.4) is 0 Å². The molecule has 0 spiro atoms. The molecule has 0 bridgehead atoms. The molecule has 0 aliphatic heterocycles. The van der Waals surface area contributed by atoms with Crippen LogP contribution in [0, 0.1) is 0 Å². The van der Waals surface area contributed by atoms with Crippen LogP contribution in [-0.2, 0) is 6.54 Å². The quantitative estimate of drug-likeness (QED) is 0.745. The molecule has 0 aliphatic rings. The Morgan fingerprint density at radius 1 is 1.56 bits per heavy atom. The molecule has 0 saturated heterocycles. The van der Waals surface area contributed by atoms with Crippen LogP contribution in [0.1, 0.15) is 11.3 Å². The van der Waals surface area contributed by atoms with E-state index in [1.165, 1.54) is 0 Å². The van der Waals surface area contributed by atoms with E-state index in [4.69, 9.17) is 18.0 Å². The minimum Gasteiger partial charge on any atom is -0.389 e. The highest BCUT2D eigenvalue weighted by molar-refractivity contribution is 9.10. The zero-order valence-corrected chi connectivity index (χ0v) is 12.4. The summed E-state index contributed by atoms with van der Waals surface area (Å²) in [4.78, 5) is 14.0. The normalized spacial score (nSPS) is 10.3. The van der Waals surface area contributed by atoms with Gasteiger partial charge in [-0.2, -0.15) is 0 Å². The summed E-state index contributed by atoms with van der Waals surface area (Å²) in [6, 6.07) is 5.66. The van der Waals surface area contributed by atoms with Crippen molar-refractivity contribution in [1.29, 1.82) is 0 Å². The van der Waals surface area contributed by atoms with E-state index >= 15 is 0 Å². The van der Waals surface area contributed by atoms with Crippen molar-refractivity contribution in [3.05, 3.63) is 49.0 Å². The van der Waals surface area contributed by atoms with Gasteiger partial charge in [-0.15, -0.1) is 0 Å². The molecular formula is C11H10BrN3OS2. The van der Waals surface area contributed by atoms with E-state index in [9.17, 15) is 4.79 Å². The van der Waals surface area contributed by atoms with Crippen LogP contribution in [-0.4, -0.2) is 9.97 Å². The predicted octanol–water partition coefficient (Wildman–Crippen LogP) is 2.45. The number of halogens is 1. The van der Waals surface area contributed by atoms with Gasteiger partial charge in [-0.1, -0.05) is 39.5 Å². The van der Waals surface area contributed by atoms with Gasteiger partial charge >= 0.3 is 4.87 Å². The molecule has 1 heterocycles. The summed E-state index contributed by atoms with van der Waals surface area (Å²) in [5, 5.41) is 4.99. The van der Waals surface area contributed by atoms with Crippen LogP contribution >= 0.6 is 39.5 Å². The Hall–Kier alpha value is -1.18. The first-order valence-corrected chi connectivity index (χ1v) is 7.14. The number of benzene rings is 1. The number of thiazole rings is 1. The van der Waals surface area contributed by atoms with Crippen LogP contribution < -0.4 is 15.9 Å². The van der Waals surface area contributed by atoms with Crippen molar-refractivity contribution in [2.75, 3.05) is 5.32 Å². The minimum atomic E-state index is -0.0582. The lowest BCUT2D eigenvalue weighted by Crippen LogP contribution is -2.13. The standard InChI is InChI=1S/C11H10BrN3OS2/c12-6-1-2-9(8(3-6)10(13)17)14-4-7-5-18-11(16)15-7/h1-3,5,14H,4H2,(H2,13,17)(H,15,16). The molecule has 7 heteroatoms. The number of anilines is 1. The summed E-state index contributed by atoms with van der Waals surface area (Å²) in [6.07, 6.45) is 0. The highest BCUT2D eigenvalue weighted by atomic mass is 79.9. The van der Waals surface area contributed by atoms with E-state index in [1.807, 2.05) is 18.2 Å². The fourth-order valence-corrected chi connectivity index (χ4v) is 2.58. The monoisotopic (exact) mass is 343 g/mol. The number of rotatable bonds is 4. The molecule has 0 amide bonds. The summed E-state index contributed by atoms with van der Waals surface area (Å²) in [5.74, 6) is 0. The van der Waals surface area contributed by atoms with Crippen molar-refractivity contribution < 1.29 is 0 Å². The number of nitrogens with two attached hydrogens (primary N) is 1. The number of thiocarbonyl (C=S) groups is 1. The Kier molecular flexibility index (Phi) is 4.15. The maximum atomic E-state index is 11.0. The molecule has 1 aromatic heterocycles. The van der Waals surface area contributed by atoms with Crippen molar-refractivity contribution in [3.8, 4) is 0 Å². The van der Waals surface area contributed by atoms with Gasteiger partial charge in [0.15, 0.2) is 0 Å². The first-order valence-electron chi connectivity index (χ1n) is 5.06. The van der Waals surface area contributed by atoms with Gasteiger partial charge in [0, 0.05) is 26.8 Å². The maximum absolute atomic E-state index is 11.0. The Balaban J connectivity index is 2.18. The molecule has 0 fully saturated rings. The number of aromatic amines is 1. The van der Waals surface area contributed by atoms with Gasteiger partial charge in [0.05, 0.1) is 6.54 Å². The average Bonchev–Trinajstić information content (AvgIpc) is 2.73. The lowest BCUT2D eigenvalue weighted by Gasteiger charge is -2.10. The zero-order chi connectivity index (χ0) is 13.1. The lowest BCUT2D eigenvalue weighted by atomic mass is 10.2. The first kappa shape index (κ1) is 13.3. The van der Waals surface area contributed by atoms with E-state index in [0.29, 0.717) is 11.5 Å². The first-order chi connectivity index (χ1) is 8.56. The van der Waals surface area contributed by atoms with Crippen LogP contribution in [0.25, 0.3) is 0 Å². The van der Waals surface area contributed by atoms with Gasteiger partial charge in [-0.3, -0.25) is 4.79 Å². The summed E-state index contributed by atoms with van der Waals surface area (Å²) in [5.41, 5.74) is 8.13. The molecule has 4 nitrogen and oxygen atoms in total. The third-order valence-electron chi connectivity index (χ3n) is 2.29. The largest absolute Gasteiger partial charge is 0.389 e. The molecule has 0 aliphatic carbocycles. The second-order valence-electron chi connectivity index (χ2n) is 3.58. The Morgan fingerprint density at radius 3 is 2.94 bits per heavy atom. The molecule has 94 valence electrons. The van der Waals surface area contributed by atoms with Crippen LogP contribution in [0.4, 0.5) is 5.69 Å². The number of hydrogen-bond donors (Lipinski definition) is 3. The van der Waals surface area contributed by atoms with Crippen LogP contribution in [0.2, 0.25) is 0 Å². The second-order valence-corrected chi connectivity index (χ2v) is 5.78. The maximum Gasteiger partial charge on any atom is 0.304 e. The number of aromatic nitrogens is 1. The van der Waals surface area contributed by atoms with E-state index in [-0.39, 0.29) is 4.87 Å². The Labute approximate surface area is 121 Å². The predicted molar refractivity (Wildman–Crippen MR) is 82.3 cm³/mol. The van der Waals surface area contributed by atoms with E-state index < -0.39 is 0 Å². The van der Waals surface area contributed by atoms with Crippen molar-refractivity contribution in [2.24, 2.45) is 5.73 Å². The fourth-order valence-electron chi connectivity index (χ4n) is 1.47. The third kappa shape index (κ3) is 3.18. The van der Waals surface area contributed by atoms with Crippen molar-refractivity contribution in [1.82, 2.24) is 4.98 Å². The molecule has 0 saturated carbocycles. The molecule has 18 heavy (non-hydrogen) atoms. The molecular weight excluding hydrogens is 334 g/mol. The van der Waals surface area contributed by atoms with Crippen molar-refractivity contribution in [3.63, 3.8) is 0 Å². The van der Waals surface area contributed by atoms with Gasteiger partial charge in [-0.25, -0.2) is 0 Å². The van der Waals surface area contributed by atoms with Crippen LogP contribution in [0.5, 0.6) is 0 Å². The molecule has 2 rings (SSSR count). The second kappa shape index (κ2) is 5.64. The number of hydrogen-bond acceptors (Lipinski definition) is 4. The Bertz CT molecular complexity index is 635. The molecule has 0 unspecified atom stereocenters. The summed E-state index contributed by atoms with van der Waals surface area (Å²) >= 11 is 9.52. The summed E-state index contributed by atoms with van der Waals surface area (Å²) in [7, 11) is 0. The van der Waals surface area contributed by atoms with E-state index in [2.05, 4.69) is 26.2 Å². The molecule has 1 aromatic carbocycles. The topological polar surface area (TPSA) is 70.9 Å². The molecule has 4 N–H and O–H groups in total. The highest BCUT2D eigenvalue weighted by Crippen LogP contribution is 2.21. The van der Waals surface area contributed by atoms with Crippen molar-refractivity contribution in [2.45, 2.75) is 6.54 Å². The number of nitrogens with one attached hydrogen (secondary N) is 2. The SMILES string of the molecule is NC(=S)c1cc(Br)ccc1NCc1csc(=O)[nH]1. The van der Waals surface area contributed by atoms with Gasteiger partial charge < -0.3 is 16.0 Å². The molecule has 0 radical (unpaired) electrons. The molecule has 2 aromatic rings. The fraction of sp³-hybridized carbons (Fsp3) is 0.0909. The van der Waals surface area contributed by atoms with Gasteiger partial charge in [0.1, 0.15) is 4.99 Å². The van der Waals surface area contributed by atoms with Gasteiger partial charge in [0.2, 0.25) is 0 Å². The van der Waals surface area contributed by atoms with E-state index in [0.717, 1.165) is 32.8 Å².